The predicted molar refractivity (Wildman–Crippen MR) is 90.0 cm³/mol. The third-order valence-corrected chi connectivity index (χ3v) is 3.85. The minimum atomic E-state index is -0.497. The summed E-state index contributed by atoms with van der Waals surface area (Å²) in [4.78, 5) is 2.30. The van der Waals surface area contributed by atoms with Gasteiger partial charge in [0.15, 0.2) is 0 Å². The van der Waals surface area contributed by atoms with E-state index in [2.05, 4.69) is 11.5 Å². The summed E-state index contributed by atoms with van der Waals surface area (Å²) < 4.78 is 16.0. The molecular weight excluding hydrogens is 294 g/mol. The number of aliphatic hydroxyl groups is 1. The number of aliphatic hydroxyl groups excluding tert-OH is 1. The minimum absolute atomic E-state index is 0.330. The molecule has 1 aromatic carbocycles. The zero-order valence-corrected chi connectivity index (χ0v) is 14.0. The lowest BCUT2D eigenvalue weighted by Crippen LogP contribution is -2.36. The third-order valence-electron chi connectivity index (χ3n) is 3.85. The van der Waals surface area contributed by atoms with Crippen LogP contribution in [0.5, 0.6) is 11.5 Å². The summed E-state index contributed by atoms with van der Waals surface area (Å²) >= 11 is 0. The van der Waals surface area contributed by atoms with Crippen LogP contribution in [0.4, 0.5) is 0 Å². The fourth-order valence-corrected chi connectivity index (χ4v) is 2.59. The Hall–Kier alpha value is -1.56. The first-order chi connectivity index (χ1) is 11.2. The second-order valence-corrected chi connectivity index (χ2v) is 5.86. The molecule has 1 aromatic rings. The second kappa shape index (κ2) is 8.91. The molecule has 0 bridgehead atoms. The molecule has 1 N–H and O–H groups in total. The van der Waals surface area contributed by atoms with Crippen LogP contribution >= 0.6 is 0 Å². The van der Waals surface area contributed by atoms with Crippen molar-refractivity contribution in [1.29, 1.82) is 0 Å². The van der Waals surface area contributed by atoms with E-state index in [0.29, 0.717) is 25.8 Å². The molecule has 0 heterocycles. The number of nitrogens with zero attached hydrogens (tertiary/aromatic N) is 1. The van der Waals surface area contributed by atoms with Gasteiger partial charge in [-0.05, 0) is 30.5 Å². The zero-order chi connectivity index (χ0) is 16.7. The summed E-state index contributed by atoms with van der Waals surface area (Å²) in [5.41, 5.74) is 1.12. The average molecular weight is 321 g/mol. The maximum atomic E-state index is 10.2. The normalized spacial score (nSPS) is 15.5. The Morgan fingerprint density at radius 3 is 2.43 bits per heavy atom. The van der Waals surface area contributed by atoms with E-state index in [4.69, 9.17) is 14.2 Å². The van der Waals surface area contributed by atoms with Crippen molar-refractivity contribution in [2.24, 2.45) is 0 Å². The molecule has 2 rings (SSSR count). The van der Waals surface area contributed by atoms with E-state index in [9.17, 15) is 5.11 Å². The molecule has 5 nitrogen and oxygen atoms in total. The number of rotatable bonds is 11. The molecule has 1 unspecified atom stereocenters. The van der Waals surface area contributed by atoms with Crippen LogP contribution in [-0.4, -0.2) is 56.1 Å². The van der Waals surface area contributed by atoms with E-state index in [1.165, 1.54) is 12.8 Å². The summed E-state index contributed by atoms with van der Waals surface area (Å²) in [5, 5.41) is 10.2. The fraction of sp³-hybridized carbons (Fsp3) is 0.556. The molecule has 0 spiro atoms. The van der Waals surface area contributed by atoms with Gasteiger partial charge in [0.1, 0.15) is 11.5 Å². The molecule has 0 saturated heterocycles. The Morgan fingerprint density at radius 2 is 1.91 bits per heavy atom. The summed E-state index contributed by atoms with van der Waals surface area (Å²) in [6.07, 6.45) is 3.55. The summed E-state index contributed by atoms with van der Waals surface area (Å²) in [7, 11) is 3.30. The van der Waals surface area contributed by atoms with E-state index in [0.717, 1.165) is 23.6 Å². The maximum Gasteiger partial charge on any atom is 0.122 e. The van der Waals surface area contributed by atoms with Gasteiger partial charge in [0.2, 0.25) is 0 Å². The first-order valence-electron chi connectivity index (χ1n) is 7.99. The van der Waals surface area contributed by atoms with Crippen LogP contribution in [0.15, 0.2) is 30.9 Å². The van der Waals surface area contributed by atoms with Crippen LogP contribution in [-0.2, 0) is 11.3 Å². The molecule has 23 heavy (non-hydrogen) atoms. The maximum absolute atomic E-state index is 10.2. The van der Waals surface area contributed by atoms with Crippen molar-refractivity contribution in [3.63, 3.8) is 0 Å². The summed E-state index contributed by atoms with van der Waals surface area (Å²) in [5.74, 6) is 1.56. The molecule has 1 aliphatic rings. The quantitative estimate of drug-likeness (QED) is 0.500. The highest BCUT2D eigenvalue weighted by atomic mass is 16.5. The number of methoxy groups -OCH3 is 2. The van der Waals surface area contributed by atoms with Gasteiger partial charge in [-0.25, -0.2) is 0 Å². The molecular formula is C18H27NO4. The lowest BCUT2D eigenvalue weighted by Gasteiger charge is -2.25. The Balaban J connectivity index is 1.97. The van der Waals surface area contributed by atoms with Gasteiger partial charge in [-0.15, -0.1) is 6.58 Å². The molecule has 1 saturated carbocycles. The van der Waals surface area contributed by atoms with Gasteiger partial charge in [-0.3, -0.25) is 4.90 Å². The monoisotopic (exact) mass is 321 g/mol. The van der Waals surface area contributed by atoms with Gasteiger partial charge in [0, 0.05) is 25.2 Å². The van der Waals surface area contributed by atoms with Crippen LogP contribution in [0.2, 0.25) is 0 Å². The van der Waals surface area contributed by atoms with E-state index in [1.807, 2.05) is 18.2 Å². The van der Waals surface area contributed by atoms with Crippen LogP contribution in [0.1, 0.15) is 18.4 Å². The Morgan fingerprint density at radius 1 is 1.26 bits per heavy atom. The van der Waals surface area contributed by atoms with E-state index < -0.39 is 6.10 Å². The topological polar surface area (TPSA) is 51.2 Å². The lowest BCUT2D eigenvalue weighted by molar-refractivity contribution is 0.0227. The van der Waals surface area contributed by atoms with Crippen molar-refractivity contribution in [3.05, 3.63) is 36.4 Å². The number of benzene rings is 1. The molecule has 1 fully saturated rings. The smallest absolute Gasteiger partial charge is 0.122 e. The van der Waals surface area contributed by atoms with Crippen molar-refractivity contribution >= 4 is 0 Å². The SMILES string of the molecule is C=CCOCC(O)CN(Cc1cc(OC)cc(OC)c1)C1CC1. The van der Waals surface area contributed by atoms with Crippen LogP contribution in [0, 0.1) is 0 Å². The van der Waals surface area contributed by atoms with Crippen molar-refractivity contribution < 1.29 is 19.3 Å². The van der Waals surface area contributed by atoms with Crippen molar-refractivity contribution in [2.75, 3.05) is 34.0 Å². The van der Waals surface area contributed by atoms with Crippen LogP contribution in [0.3, 0.4) is 0 Å². The largest absolute Gasteiger partial charge is 0.497 e. The van der Waals surface area contributed by atoms with Crippen molar-refractivity contribution in [3.8, 4) is 11.5 Å². The Labute approximate surface area is 138 Å². The van der Waals surface area contributed by atoms with Crippen molar-refractivity contribution in [2.45, 2.75) is 31.5 Å². The van der Waals surface area contributed by atoms with Gasteiger partial charge in [0.25, 0.3) is 0 Å². The number of hydrogen-bond donors (Lipinski definition) is 1. The second-order valence-electron chi connectivity index (χ2n) is 5.86. The zero-order valence-electron chi connectivity index (χ0n) is 14.0. The van der Waals surface area contributed by atoms with E-state index >= 15 is 0 Å². The Kier molecular flexibility index (Phi) is 6.89. The highest BCUT2D eigenvalue weighted by molar-refractivity contribution is 5.38. The summed E-state index contributed by atoms with van der Waals surface area (Å²) in [6, 6.07) is 6.43. The fourth-order valence-electron chi connectivity index (χ4n) is 2.59. The standard InChI is InChI=1S/C18H27NO4/c1-4-7-23-13-16(20)12-19(15-5-6-15)11-14-8-17(21-2)10-18(9-14)22-3/h4,8-10,15-16,20H,1,5-7,11-13H2,2-3H3. The highest BCUT2D eigenvalue weighted by Gasteiger charge is 2.30. The highest BCUT2D eigenvalue weighted by Crippen LogP contribution is 2.30. The molecule has 0 amide bonds. The van der Waals surface area contributed by atoms with Gasteiger partial charge in [-0.1, -0.05) is 6.08 Å². The Bertz CT molecular complexity index is 480. The van der Waals surface area contributed by atoms with Crippen molar-refractivity contribution in [1.82, 2.24) is 4.90 Å². The average Bonchev–Trinajstić information content (AvgIpc) is 3.39. The van der Waals surface area contributed by atoms with E-state index in [1.54, 1.807) is 20.3 Å². The number of ether oxygens (including phenoxy) is 3. The van der Waals surface area contributed by atoms with Gasteiger partial charge >= 0.3 is 0 Å². The molecule has 5 heteroatoms. The molecule has 128 valence electrons. The van der Waals surface area contributed by atoms with Gasteiger partial charge in [-0.2, -0.15) is 0 Å². The first kappa shape index (κ1) is 17.8. The third kappa shape index (κ3) is 5.86. The minimum Gasteiger partial charge on any atom is -0.497 e. The molecule has 0 aromatic heterocycles. The molecule has 0 radical (unpaired) electrons. The van der Waals surface area contributed by atoms with Crippen LogP contribution < -0.4 is 9.47 Å². The van der Waals surface area contributed by atoms with Gasteiger partial charge < -0.3 is 19.3 Å². The van der Waals surface area contributed by atoms with Crippen LogP contribution in [0.25, 0.3) is 0 Å². The molecule has 0 aliphatic heterocycles. The predicted octanol–water partition coefficient (Wildman–Crippen LogP) is 2.23. The number of hydrogen-bond acceptors (Lipinski definition) is 5. The molecule has 1 atom stereocenters. The lowest BCUT2D eigenvalue weighted by atomic mass is 10.1. The summed E-state index contributed by atoms with van der Waals surface area (Å²) in [6.45, 7) is 5.76. The van der Waals surface area contributed by atoms with Gasteiger partial charge in [0.05, 0.1) is 33.5 Å². The first-order valence-corrected chi connectivity index (χ1v) is 7.99. The van der Waals surface area contributed by atoms with E-state index in [-0.39, 0.29) is 0 Å². The molecule has 1 aliphatic carbocycles.